The van der Waals surface area contributed by atoms with E-state index in [9.17, 15) is 5.11 Å². The Morgan fingerprint density at radius 1 is 1.08 bits per heavy atom. The van der Waals surface area contributed by atoms with Gasteiger partial charge in [0.2, 0.25) is 0 Å². The van der Waals surface area contributed by atoms with Crippen molar-refractivity contribution < 1.29 is 15.3 Å². The fourth-order valence-corrected chi connectivity index (χ4v) is 1.08. The predicted octanol–water partition coefficient (Wildman–Crippen LogP) is -0.958. The number of aliphatic hydroxyl groups is 3. The van der Waals surface area contributed by atoms with Crippen LogP contribution in [0, 0.1) is 0 Å². The molecule has 0 aliphatic heterocycles. The number of hydrogen-bond donors (Lipinski definition) is 3. The molecule has 0 aromatic rings. The third kappa shape index (κ3) is 4.01. The molecule has 0 spiro atoms. The molecule has 0 aromatic carbocycles. The van der Waals surface area contributed by atoms with Crippen molar-refractivity contribution >= 4 is 0 Å². The zero-order chi connectivity index (χ0) is 9.56. The zero-order valence-corrected chi connectivity index (χ0v) is 7.77. The molecule has 74 valence electrons. The first-order valence-electron chi connectivity index (χ1n) is 4.27. The van der Waals surface area contributed by atoms with Crippen molar-refractivity contribution in [3.8, 4) is 0 Å². The molecule has 0 aliphatic rings. The summed E-state index contributed by atoms with van der Waals surface area (Å²) in [5.41, 5.74) is 0. The minimum absolute atomic E-state index is 0.0238. The summed E-state index contributed by atoms with van der Waals surface area (Å²) in [6.45, 7) is 4.66. The maximum absolute atomic E-state index is 9.24. The first-order chi connectivity index (χ1) is 5.63. The summed E-state index contributed by atoms with van der Waals surface area (Å²) in [7, 11) is 0. The molecule has 0 radical (unpaired) electrons. The monoisotopic (exact) mass is 177 g/mol. The lowest BCUT2D eigenvalue weighted by molar-refractivity contribution is 0.0488. The highest BCUT2D eigenvalue weighted by atomic mass is 16.3. The van der Waals surface area contributed by atoms with Gasteiger partial charge in [0, 0.05) is 19.1 Å². The number of aliphatic hydroxyl groups excluding tert-OH is 3. The Hall–Kier alpha value is -0.160. The van der Waals surface area contributed by atoms with Crippen LogP contribution in [0.4, 0.5) is 0 Å². The van der Waals surface area contributed by atoms with Gasteiger partial charge in [-0.05, 0) is 13.8 Å². The molecule has 3 N–H and O–H groups in total. The summed E-state index contributed by atoms with van der Waals surface area (Å²) in [6, 6.07) is -0.0238. The molecule has 0 heterocycles. The van der Waals surface area contributed by atoms with E-state index in [1.165, 1.54) is 0 Å². The van der Waals surface area contributed by atoms with Gasteiger partial charge in [-0.2, -0.15) is 0 Å². The molecular formula is C8H19NO3. The lowest BCUT2D eigenvalue weighted by Gasteiger charge is -2.29. The zero-order valence-electron chi connectivity index (χ0n) is 7.77. The summed E-state index contributed by atoms with van der Waals surface area (Å²) in [5, 5.41) is 26.6. The molecule has 0 fully saturated rings. The van der Waals surface area contributed by atoms with Crippen molar-refractivity contribution in [1.82, 2.24) is 4.90 Å². The highest BCUT2D eigenvalue weighted by molar-refractivity contribution is 4.71. The van der Waals surface area contributed by atoms with Crippen LogP contribution in [0.5, 0.6) is 0 Å². The molecule has 0 saturated carbocycles. The Morgan fingerprint density at radius 2 is 1.50 bits per heavy atom. The van der Waals surface area contributed by atoms with Crippen molar-refractivity contribution in [2.45, 2.75) is 26.0 Å². The Morgan fingerprint density at radius 3 is 1.75 bits per heavy atom. The Balaban J connectivity index is 3.89. The van der Waals surface area contributed by atoms with E-state index in [1.54, 1.807) is 6.92 Å². The quantitative estimate of drug-likeness (QED) is 0.489. The van der Waals surface area contributed by atoms with Crippen LogP contribution < -0.4 is 0 Å². The molecule has 2 unspecified atom stereocenters. The Labute approximate surface area is 73.4 Å². The SMILES string of the molecule is CC(O)C(C)N(CCO)CCO. The van der Waals surface area contributed by atoms with Gasteiger partial charge in [0.25, 0.3) is 0 Å². The van der Waals surface area contributed by atoms with Gasteiger partial charge < -0.3 is 15.3 Å². The van der Waals surface area contributed by atoms with Crippen molar-refractivity contribution in [2.75, 3.05) is 26.3 Å². The number of rotatable bonds is 6. The van der Waals surface area contributed by atoms with E-state index in [4.69, 9.17) is 10.2 Å². The fourth-order valence-electron chi connectivity index (χ4n) is 1.08. The second kappa shape index (κ2) is 6.37. The molecule has 4 heteroatoms. The van der Waals surface area contributed by atoms with E-state index in [1.807, 2.05) is 11.8 Å². The summed E-state index contributed by atoms with van der Waals surface area (Å²) < 4.78 is 0. The van der Waals surface area contributed by atoms with Crippen LogP contribution in [0.3, 0.4) is 0 Å². The van der Waals surface area contributed by atoms with Crippen molar-refractivity contribution in [3.63, 3.8) is 0 Å². The third-order valence-corrected chi connectivity index (χ3v) is 2.05. The second-order valence-corrected chi connectivity index (χ2v) is 2.96. The molecule has 0 aromatic heterocycles. The van der Waals surface area contributed by atoms with Crippen molar-refractivity contribution in [2.24, 2.45) is 0 Å². The van der Waals surface area contributed by atoms with E-state index in [0.717, 1.165) is 0 Å². The average Bonchev–Trinajstić information content (AvgIpc) is 2.03. The van der Waals surface area contributed by atoms with Crippen LogP contribution in [0.15, 0.2) is 0 Å². The lowest BCUT2D eigenvalue weighted by atomic mass is 10.2. The molecule has 4 nitrogen and oxygen atoms in total. The standard InChI is InChI=1S/C8H19NO3/c1-7(8(2)12)9(3-5-10)4-6-11/h7-8,10-12H,3-6H2,1-2H3. The summed E-state index contributed by atoms with van der Waals surface area (Å²) in [5.74, 6) is 0. The molecule has 2 atom stereocenters. The molecule has 0 amide bonds. The van der Waals surface area contributed by atoms with Crippen molar-refractivity contribution in [3.05, 3.63) is 0 Å². The van der Waals surface area contributed by atoms with E-state index in [-0.39, 0.29) is 19.3 Å². The van der Waals surface area contributed by atoms with Crippen LogP contribution in [-0.4, -0.2) is 58.7 Å². The Kier molecular flexibility index (Phi) is 6.28. The van der Waals surface area contributed by atoms with Gasteiger partial charge in [-0.15, -0.1) is 0 Å². The van der Waals surface area contributed by atoms with Crippen LogP contribution in [0.25, 0.3) is 0 Å². The molecule has 0 saturated heterocycles. The van der Waals surface area contributed by atoms with Gasteiger partial charge in [0.1, 0.15) is 0 Å². The average molecular weight is 177 g/mol. The molecule has 0 rings (SSSR count). The van der Waals surface area contributed by atoms with Gasteiger partial charge in [0.05, 0.1) is 19.3 Å². The third-order valence-electron chi connectivity index (χ3n) is 2.05. The highest BCUT2D eigenvalue weighted by Gasteiger charge is 2.16. The van der Waals surface area contributed by atoms with Gasteiger partial charge >= 0.3 is 0 Å². The molecular weight excluding hydrogens is 158 g/mol. The van der Waals surface area contributed by atoms with Crippen molar-refractivity contribution in [1.29, 1.82) is 0 Å². The lowest BCUT2D eigenvalue weighted by Crippen LogP contribution is -2.43. The minimum atomic E-state index is -0.442. The first-order valence-corrected chi connectivity index (χ1v) is 4.27. The van der Waals surface area contributed by atoms with Crippen LogP contribution in [0.2, 0.25) is 0 Å². The maximum atomic E-state index is 9.24. The number of nitrogens with zero attached hydrogens (tertiary/aromatic N) is 1. The van der Waals surface area contributed by atoms with E-state index < -0.39 is 6.10 Å². The van der Waals surface area contributed by atoms with Crippen LogP contribution >= 0.6 is 0 Å². The minimum Gasteiger partial charge on any atom is -0.395 e. The highest BCUT2D eigenvalue weighted by Crippen LogP contribution is 2.02. The van der Waals surface area contributed by atoms with Crippen LogP contribution in [0.1, 0.15) is 13.8 Å². The topological polar surface area (TPSA) is 63.9 Å². The van der Waals surface area contributed by atoms with E-state index in [0.29, 0.717) is 13.1 Å². The molecule has 0 aliphatic carbocycles. The number of hydrogen-bond acceptors (Lipinski definition) is 4. The predicted molar refractivity (Wildman–Crippen MR) is 46.9 cm³/mol. The van der Waals surface area contributed by atoms with Gasteiger partial charge in [0.15, 0.2) is 0 Å². The van der Waals surface area contributed by atoms with E-state index in [2.05, 4.69) is 0 Å². The second-order valence-electron chi connectivity index (χ2n) is 2.96. The molecule has 0 bridgehead atoms. The summed E-state index contributed by atoms with van der Waals surface area (Å²) >= 11 is 0. The maximum Gasteiger partial charge on any atom is 0.0664 e. The first kappa shape index (κ1) is 11.8. The van der Waals surface area contributed by atoms with Gasteiger partial charge in [-0.25, -0.2) is 0 Å². The smallest absolute Gasteiger partial charge is 0.0664 e. The summed E-state index contributed by atoms with van der Waals surface area (Å²) in [4.78, 5) is 1.85. The Bertz CT molecular complexity index is 102. The van der Waals surface area contributed by atoms with Gasteiger partial charge in [-0.3, -0.25) is 4.90 Å². The fraction of sp³-hybridized carbons (Fsp3) is 1.00. The van der Waals surface area contributed by atoms with E-state index >= 15 is 0 Å². The van der Waals surface area contributed by atoms with Gasteiger partial charge in [-0.1, -0.05) is 0 Å². The van der Waals surface area contributed by atoms with Crippen LogP contribution in [-0.2, 0) is 0 Å². The largest absolute Gasteiger partial charge is 0.395 e. The molecule has 12 heavy (non-hydrogen) atoms. The summed E-state index contributed by atoms with van der Waals surface area (Å²) in [6.07, 6.45) is -0.442. The normalized spacial score (nSPS) is 16.5.